The topological polar surface area (TPSA) is 84.2 Å². The van der Waals surface area contributed by atoms with Crippen LogP contribution in [0.1, 0.15) is 57.4 Å². The van der Waals surface area contributed by atoms with Crippen LogP contribution in [0, 0.1) is 5.92 Å². The van der Waals surface area contributed by atoms with Crippen molar-refractivity contribution in [2.75, 3.05) is 5.32 Å². The third kappa shape index (κ3) is 7.04. The number of hydrogen-bond acceptors (Lipinski definition) is 3. The number of carbonyl (C=O) groups is 2. The van der Waals surface area contributed by atoms with Crippen LogP contribution >= 0.6 is 12.4 Å². The lowest BCUT2D eigenvalue weighted by atomic mass is 9.88. The maximum atomic E-state index is 12.3. The van der Waals surface area contributed by atoms with Gasteiger partial charge in [0.2, 0.25) is 11.8 Å². The van der Waals surface area contributed by atoms with Crippen LogP contribution in [0.15, 0.2) is 24.3 Å². The summed E-state index contributed by atoms with van der Waals surface area (Å²) in [7, 11) is 0. The van der Waals surface area contributed by atoms with Gasteiger partial charge in [-0.2, -0.15) is 0 Å². The molecule has 1 fully saturated rings. The first-order chi connectivity index (χ1) is 11.6. The molecule has 0 aliphatic heterocycles. The summed E-state index contributed by atoms with van der Waals surface area (Å²) in [6.07, 6.45) is 7.05. The third-order valence-corrected chi connectivity index (χ3v) is 4.57. The van der Waals surface area contributed by atoms with Crippen LogP contribution in [0.3, 0.4) is 0 Å². The number of anilines is 1. The van der Waals surface area contributed by atoms with E-state index in [1.165, 1.54) is 6.42 Å². The van der Waals surface area contributed by atoms with E-state index in [2.05, 4.69) is 10.6 Å². The van der Waals surface area contributed by atoms with Crippen molar-refractivity contribution >= 4 is 29.9 Å². The van der Waals surface area contributed by atoms with Crippen LogP contribution in [0.4, 0.5) is 5.69 Å². The largest absolute Gasteiger partial charge is 0.351 e. The predicted octanol–water partition coefficient (Wildman–Crippen LogP) is 3.37. The molecule has 0 bridgehead atoms. The first kappa shape index (κ1) is 21.5. The molecular formula is C19H30ClN3O2. The number of nitrogens with one attached hydrogen (secondary N) is 2. The third-order valence-electron chi connectivity index (χ3n) is 4.57. The van der Waals surface area contributed by atoms with Gasteiger partial charge < -0.3 is 16.4 Å². The van der Waals surface area contributed by atoms with Crippen molar-refractivity contribution in [2.24, 2.45) is 11.7 Å². The van der Waals surface area contributed by atoms with Crippen molar-refractivity contribution in [3.63, 3.8) is 0 Å². The van der Waals surface area contributed by atoms with Gasteiger partial charge in [0.15, 0.2) is 0 Å². The van der Waals surface area contributed by atoms with Gasteiger partial charge in [-0.25, -0.2) is 0 Å². The molecule has 1 saturated carbocycles. The fourth-order valence-corrected chi connectivity index (χ4v) is 3.13. The van der Waals surface area contributed by atoms with Gasteiger partial charge in [-0.15, -0.1) is 12.4 Å². The molecule has 0 saturated heterocycles. The molecule has 2 amide bonds. The minimum absolute atomic E-state index is 0. The van der Waals surface area contributed by atoms with E-state index in [0.29, 0.717) is 13.0 Å². The molecule has 25 heavy (non-hydrogen) atoms. The minimum atomic E-state index is -0.454. The standard InChI is InChI=1S/C19H29N3O2.ClH/c1-2-7-17(20)19(24)21-13-14-8-6-11-16(12-14)22-18(23)15-9-4-3-5-10-15;/h6,8,11-12,15,17H,2-5,7,9-10,13,20H2,1H3,(H,21,24)(H,22,23);1H. The zero-order valence-electron chi connectivity index (χ0n) is 14.9. The van der Waals surface area contributed by atoms with Crippen molar-refractivity contribution in [3.05, 3.63) is 29.8 Å². The second kappa shape index (κ2) is 11.1. The highest BCUT2D eigenvalue weighted by molar-refractivity contribution is 5.92. The number of amides is 2. The lowest BCUT2D eigenvalue weighted by Crippen LogP contribution is -2.40. The molecule has 0 radical (unpaired) electrons. The average Bonchev–Trinajstić information content (AvgIpc) is 2.61. The molecule has 140 valence electrons. The molecule has 5 nitrogen and oxygen atoms in total. The molecule has 0 heterocycles. The summed E-state index contributed by atoms with van der Waals surface area (Å²) in [5.74, 6) is 0.114. The normalized spacial score (nSPS) is 15.8. The van der Waals surface area contributed by atoms with E-state index in [1.54, 1.807) is 0 Å². The van der Waals surface area contributed by atoms with Crippen LogP contribution in [0.5, 0.6) is 0 Å². The Labute approximate surface area is 156 Å². The molecule has 1 aliphatic carbocycles. The molecule has 2 rings (SSSR count). The Balaban J connectivity index is 0.00000312. The van der Waals surface area contributed by atoms with Crippen molar-refractivity contribution in [1.82, 2.24) is 5.32 Å². The molecule has 1 atom stereocenters. The van der Waals surface area contributed by atoms with Gasteiger partial charge in [0.05, 0.1) is 6.04 Å². The lowest BCUT2D eigenvalue weighted by molar-refractivity contribution is -0.122. The summed E-state index contributed by atoms with van der Waals surface area (Å²) in [6.45, 7) is 2.43. The highest BCUT2D eigenvalue weighted by Gasteiger charge is 2.21. The van der Waals surface area contributed by atoms with E-state index in [4.69, 9.17) is 5.73 Å². The van der Waals surface area contributed by atoms with E-state index in [9.17, 15) is 9.59 Å². The fraction of sp³-hybridized carbons (Fsp3) is 0.579. The molecule has 1 aromatic carbocycles. The molecule has 1 aromatic rings. The number of halogens is 1. The van der Waals surface area contributed by atoms with Crippen LogP contribution in [-0.4, -0.2) is 17.9 Å². The zero-order chi connectivity index (χ0) is 17.4. The van der Waals surface area contributed by atoms with E-state index in [-0.39, 0.29) is 30.1 Å². The number of nitrogens with two attached hydrogens (primary N) is 1. The molecule has 0 aromatic heterocycles. The highest BCUT2D eigenvalue weighted by atomic mass is 35.5. The molecule has 6 heteroatoms. The minimum Gasteiger partial charge on any atom is -0.351 e. The molecule has 0 spiro atoms. The number of benzene rings is 1. The van der Waals surface area contributed by atoms with Gasteiger partial charge in [-0.05, 0) is 37.0 Å². The highest BCUT2D eigenvalue weighted by Crippen LogP contribution is 2.25. The van der Waals surface area contributed by atoms with E-state index >= 15 is 0 Å². The Morgan fingerprint density at radius 3 is 2.64 bits per heavy atom. The smallest absolute Gasteiger partial charge is 0.237 e. The van der Waals surface area contributed by atoms with Crippen molar-refractivity contribution in [1.29, 1.82) is 0 Å². The SMILES string of the molecule is CCCC(N)C(=O)NCc1cccc(NC(=O)C2CCCCC2)c1.Cl. The predicted molar refractivity (Wildman–Crippen MR) is 104 cm³/mol. The summed E-state index contributed by atoms with van der Waals surface area (Å²) in [4.78, 5) is 24.2. The number of carbonyl (C=O) groups excluding carboxylic acids is 2. The Kier molecular flexibility index (Phi) is 9.53. The first-order valence-corrected chi connectivity index (χ1v) is 9.03. The summed E-state index contributed by atoms with van der Waals surface area (Å²) >= 11 is 0. The van der Waals surface area contributed by atoms with Crippen LogP contribution in [-0.2, 0) is 16.1 Å². The summed E-state index contributed by atoms with van der Waals surface area (Å²) in [5, 5.41) is 5.86. The number of hydrogen-bond donors (Lipinski definition) is 3. The van der Waals surface area contributed by atoms with Crippen molar-refractivity contribution in [3.8, 4) is 0 Å². The lowest BCUT2D eigenvalue weighted by Gasteiger charge is -2.21. The van der Waals surface area contributed by atoms with E-state index in [1.807, 2.05) is 31.2 Å². The second-order valence-electron chi connectivity index (χ2n) is 6.64. The first-order valence-electron chi connectivity index (χ1n) is 9.03. The molecule has 1 aliphatic rings. The zero-order valence-corrected chi connectivity index (χ0v) is 15.7. The summed E-state index contributed by atoms with van der Waals surface area (Å²) in [6, 6.07) is 7.16. The Bertz CT molecular complexity index is 559. The average molecular weight is 368 g/mol. The van der Waals surface area contributed by atoms with Gasteiger partial charge in [0.1, 0.15) is 0 Å². The monoisotopic (exact) mass is 367 g/mol. The van der Waals surface area contributed by atoms with Crippen molar-refractivity contribution in [2.45, 2.75) is 64.5 Å². The maximum absolute atomic E-state index is 12.3. The Hall–Kier alpha value is -1.59. The van der Waals surface area contributed by atoms with Gasteiger partial charge in [-0.1, -0.05) is 44.7 Å². The quantitative estimate of drug-likeness (QED) is 0.690. The molecule has 4 N–H and O–H groups in total. The van der Waals surface area contributed by atoms with Gasteiger partial charge >= 0.3 is 0 Å². The van der Waals surface area contributed by atoms with Gasteiger partial charge in [-0.3, -0.25) is 9.59 Å². The molecule has 1 unspecified atom stereocenters. The van der Waals surface area contributed by atoms with Crippen LogP contribution in [0.2, 0.25) is 0 Å². The second-order valence-corrected chi connectivity index (χ2v) is 6.64. The van der Waals surface area contributed by atoms with E-state index in [0.717, 1.165) is 43.4 Å². The Morgan fingerprint density at radius 2 is 1.96 bits per heavy atom. The molecular weight excluding hydrogens is 338 g/mol. The van der Waals surface area contributed by atoms with E-state index < -0.39 is 6.04 Å². The summed E-state index contributed by atoms with van der Waals surface area (Å²) < 4.78 is 0. The fourth-order valence-electron chi connectivity index (χ4n) is 3.13. The van der Waals surface area contributed by atoms with Gasteiger partial charge in [0, 0.05) is 18.2 Å². The number of rotatable bonds is 7. The van der Waals surface area contributed by atoms with Crippen LogP contribution < -0.4 is 16.4 Å². The van der Waals surface area contributed by atoms with Gasteiger partial charge in [0.25, 0.3) is 0 Å². The Morgan fingerprint density at radius 1 is 1.24 bits per heavy atom. The maximum Gasteiger partial charge on any atom is 0.237 e. The van der Waals surface area contributed by atoms with Crippen molar-refractivity contribution < 1.29 is 9.59 Å². The summed E-state index contributed by atoms with van der Waals surface area (Å²) in [5.41, 5.74) is 7.54. The van der Waals surface area contributed by atoms with Crippen LogP contribution in [0.25, 0.3) is 0 Å².